The van der Waals surface area contributed by atoms with Crippen molar-refractivity contribution in [2.75, 3.05) is 0 Å². The van der Waals surface area contributed by atoms with Crippen molar-refractivity contribution in [3.8, 4) is 10.4 Å². The van der Waals surface area contributed by atoms with E-state index in [1.165, 1.54) is 21.6 Å². The van der Waals surface area contributed by atoms with Crippen LogP contribution in [-0.2, 0) is 6.42 Å². The predicted molar refractivity (Wildman–Crippen MR) is 65.0 cm³/mol. The average molecular weight is 215 g/mol. The van der Waals surface area contributed by atoms with Crippen LogP contribution in [0.4, 0.5) is 0 Å². The molecule has 1 unspecified atom stereocenters. The second-order valence-corrected chi connectivity index (χ2v) is 4.98. The summed E-state index contributed by atoms with van der Waals surface area (Å²) in [4.78, 5) is 1.35. The summed E-state index contributed by atoms with van der Waals surface area (Å²) < 4.78 is 0. The lowest BCUT2D eigenvalue weighted by atomic mass is 10.0. The molecule has 0 fully saturated rings. The molecule has 2 heteroatoms. The molecule has 76 valence electrons. The van der Waals surface area contributed by atoms with Crippen LogP contribution in [0.1, 0.15) is 23.6 Å². The summed E-state index contributed by atoms with van der Waals surface area (Å²) in [6.45, 7) is 0. The second kappa shape index (κ2) is 3.47. The summed E-state index contributed by atoms with van der Waals surface area (Å²) in [5.74, 6) is 0. The molecular formula is C13H13NS. The molecule has 0 radical (unpaired) electrons. The molecule has 1 atom stereocenters. The molecule has 15 heavy (non-hydrogen) atoms. The minimum absolute atomic E-state index is 0.261. The molecule has 3 rings (SSSR count). The molecule has 1 heterocycles. The summed E-state index contributed by atoms with van der Waals surface area (Å²) in [7, 11) is 0. The first kappa shape index (κ1) is 9.13. The van der Waals surface area contributed by atoms with E-state index in [0.717, 1.165) is 12.8 Å². The van der Waals surface area contributed by atoms with Crippen molar-refractivity contribution in [1.82, 2.24) is 0 Å². The van der Waals surface area contributed by atoms with Crippen LogP contribution in [0.25, 0.3) is 10.4 Å². The van der Waals surface area contributed by atoms with Gasteiger partial charge in [-0.1, -0.05) is 24.3 Å². The molecule has 0 amide bonds. The zero-order valence-corrected chi connectivity index (χ0v) is 9.26. The Labute approximate surface area is 93.6 Å². The standard InChI is InChI=1S/C13H13NS/c14-12-6-4-9-8-10(3-5-11(9)12)13-2-1-7-15-13/h1-3,5,7-8,12H,4,6,14H2. The van der Waals surface area contributed by atoms with Crippen molar-refractivity contribution in [1.29, 1.82) is 0 Å². The van der Waals surface area contributed by atoms with Gasteiger partial charge in [0.25, 0.3) is 0 Å². The van der Waals surface area contributed by atoms with Crippen LogP contribution in [0.2, 0.25) is 0 Å². The number of benzene rings is 1. The summed E-state index contributed by atoms with van der Waals surface area (Å²) in [5, 5.41) is 2.12. The monoisotopic (exact) mass is 215 g/mol. The number of thiophene rings is 1. The van der Waals surface area contributed by atoms with E-state index < -0.39 is 0 Å². The highest BCUT2D eigenvalue weighted by atomic mass is 32.1. The Balaban J connectivity index is 2.07. The zero-order chi connectivity index (χ0) is 10.3. The van der Waals surface area contributed by atoms with Crippen molar-refractivity contribution < 1.29 is 0 Å². The SMILES string of the molecule is NC1CCc2cc(-c3cccs3)ccc21. The fourth-order valence-corrected chi connectivity index (χ4v) is 2.97. The van der Waals surface area contributed by atoms with Gasteiger partial charge in [-0.25, -0.2) is 0 Å². The molecular weight excluding hydrogens is 202 g/mol. The van der Waals surface area contributed by atoms with E-state index >= 15 is 0 Å². The summed E-state index contributed by atoms with van der Waals surface area (Å²) >= 11 is 1.79. The fourth-order valence-electron chi connectivity index (χ4n) is 2.25. The third kappa shape index (κ3) is 1.50. The minimum atomic E-state index is 0.261. The Hall–Kier alpha value is -1.12. The lowest BCUT2D eigenvalue weighted by molar-refractivity contribution is 0.713. The summed E-state index contributed by atoms with van der Waals surface area (Å²) in [5.41, 5.74) is 10.1. The van der Waals surface area contributed by atoms with E-state index in [-0.39, 0.29) is 6.04 Å². The first-order chi connectivity index (χ1) is 7.34. The first-order valence-corrected chi connectivity index (χ1v) is 6.15. The van der Waals surface area contributed by atoms with E-state index in [1.807, 2.05) is 0 Å². The van der Waals surface area contributed by atoms with Gasteiger partial charge in [0.05, 0.1) is 0 Å². The van der Waals surface area contributed by atoms with Crippen molar-refractivity contribution in [2.45, 2.75) is 18.9 Å². The largest absolute Gasteiger partial charge is 0.324 e. The summed E-state index contributed by atoms with van der Waals surface area (Å²) in [6, 6.07) is 11.2. The van der Waals surface area contributed by atoms with E-state index in [0.29, 0.717) is 0 Å². The third-order valence-electron chi connectivity index (χ3n) is 3.07. The predicted octanol–water partition coefficient (Wildman–Crippen LogP) is 3.36. The lowest BCUT2D eigenvalue weighted by Gasteiger charge is -2.05. The van der Waals surface area contributed by atoms with E-state index in [9.17, 15) is 0 Å². The lowest BCUT2D eigenvalue weighted by Crippen LogP contribution is -2.04. The van der Waals surface area contributed by atoms with Crippen molar-refractivity contribution in [3.05, 3.63) is 46.8 Å². The van der Waals surface area contributed by atoms with Crippen LogP contribution in [0.3, 0.4) is 0 Å². The van der Waals surface area contributed by atoms with Crippen LogP contribution in [-0.4, -0.2) is 0 Å². The summed E-state index contributed by atoms with van der Waals surface area (Å²) in [6.07, 6.45) is 2.24. The van der Waals surface area contributed by atoms with Crippen molar-refractivity contribution >= 4 is 11.3 Å². The molecule has 1 aliphatic rings. The second-order valence-electron chi connectivity index (χ2n) is 4.04. The Bertz CT molecular complexity index is 473. The highest BCUT2D eigenvalue weighted by molar-refractivity contribution is 7.13. The normalized spacial score (nSPS) is 19.1. The molecule has 0 saturated heterocycles. The zero-order valence-electron chi connectivity index (χ0n) is 8.44. The molecule has 0 saturated carbocycles. The van der Waals surface area contributed by atoms with Gasteiger partial charge in [-0.2, -0.15) is 0 Å². The molecule has 0 aliphatic heterocycles. The van der Waals surface area contributed by atoms with Gasteiger partial charge in [0.15, 0.2) is 0 Å². The van der Waals surface area contributed by atoms with Crippen molar-refractivity contribution in [3.63, 3.8) is 0 Å². The Morgan fingerprint density at radius 2 is 2.20 bits per heavy atom. The maximum atomic E-state index is 6.02. The molecule has 1 aliphatic carbocycles. The number of nitrogens with two attached hydrogens (primary N) is 1. The van der Waals surface area contributed by atoms with E-state index in [1.54, 1.807) is 11.3 Å². The number of hydrogen-bond acceptors (Lipinski definition) is 2. The van der Waals surface area contributed by atoms with Crippen molar-refractivity contribution in [2.24, 2.45) is 5.73 Å². The van der Waals surface area contributed by atoms with Gasteiger partial charge in [-0.05, 0) is 41.0 Å². The van der Waals surface area contributed by atoms with Crippen LogP contribution in [0.15, 0.2) is 35.7 Å². The molecule has 1 aromatic heterocycles. The highest BCUT2D eigenvalue weighted by Gasteiger charge is 2.18. The quantitative estimate of drug-likeness (QED) is 0.775. The highest BCUT2D eigenvalue weighted by Crippen LogP contribution is 2.33. The van der Waals surface area contributed by atoms with Gasteiger partial charge in [-0.15, -0.1) is 11.3 Å². The van der Waals surface area contributed by atoms with Gasteiger partial charge >= 0.3 is 0 Å². The maximum absolute atomic E-state index is 6.02. The Morgan fingerprint density at radius 3 is 3.00 bits per heavy atom. The van der Waals surface area contributed by atoms with Gasteiger partial charge in [0.1, 0.15) is 0 Å². The molecule has 1 nitrogen and oxygen atoms in total. The van der Waals surface area contributed by atoms with E-state index in [4.69, 9.17) is 5.73 Å². The van der Waals surface area contributed by atoms with Gasteiger partial charge in [0.2, 0.25) is 0 Å². The molecule has 0 bridgehead atoms. The molecule has 2 N–H and O–H groups in total. The van der Waals surface area contributed by atoms with Crippen LogP contribution in [0.5, 0.6) is 0 Å². The van der Waals surface area contributed by atoms with E-state index in [2.05, 4.69) is 35.7 Å². The minimum Gasteiger partial charge on any atom is -0.324 e. The first-order valence-electron chi connectivity index (χ1n) is 5.27. The van der Waals surface area contributed by atoms with Crippen LogP contribution in [0, 0.1) is 0 Å². The molecule has 2 aromatic rings. The van der Waals surface area contributed by atoms with Gasteiger partial charge in [-0.3, -0.25) is 0 Å². The topological polar surface area (TPSA) is 26.0 Å². The fraction of sp³-hybridized carbons (Fsp3) is 0.231. The number of hydrogen-bond donors (Lipinski definition) is 1. The average Bonchev–Trinajstić information content (AvgIpc) is 2.88. The van der Waals surface area contributed by atoms with Gasteiger partial charge < -0.3 is 5.73 Å². The number of rotatable bonds is 1. The Kier molecular flexibility index (Phi) is 2.11. The van der Waals surface area contributed by atoms with Crippen LogP contribution >= 0.6 is 11.3 Å². The Morgan fingerprint density at radius 1 is 1.27 bits per heavy atom. The molecule has 1 aromatic carbocycles. The third-order valence-corrected chi connectivity index (χ3v) is 3.99. The number of aryl methyl sites for hydroxylation is 1. The maximum Gasteiger partial charge on any atom is 0.0342 e. The molecule has 0 spiro atoms. The smallest absolute Gasteiger partial charge is 0.0342 e. The number of fused-ring (bicyclic) bond motifs is 1. The van der Waals surface area contributed by atoms with Crippen LogP contribution < -0.4 is 5.73 Å². The van der Waals surface area contributed by atoms with Gasteiger partial charge in [0, 0.05) is 10.9 Å².